The smallest absolute Gasteiger partial charge is 0.338 e. The van der Waals surface area contributed by atoms with Gasteiger partial charge in [-0.1, -0.05) is 12.1 Å². The number of sulfonamides is 1. The molecule has 0 saturated heterocycles. The molecule has 0 aliphatic rings. The lowest BCUT2D eigenvalue weighted by atomic mass is 10.1. The first-order valence-corrected chi connectivity index (χ1v) is 10.7. The molecule has 0 heterocycles. The van der Waals surface area contributed by atoms with Gasteiger partial charge in [-0.25, -0.2) is 17.6 Å². The second kappa shape index (κ2) is 9.04. The highest BCUT2D eigenvalue weighted by molar-refractivity contribution is 7.92. The molecule has 1 N–H and O–H groups in total. The zero-order chi connectivity index (χ0) is 21.8. The summed E-state index contributed by atoms with van der Waals surface area (Å²) in [7, 11) is -3.94. The van der Waals surface area contributed by atoms with E-state index in [9.17, 15) is 22.4 Å². The molecule has 0 saturated carbocycles. The van der Waals surface area contributed by atoms with Crippen molar-refractivity contribution in [3.8, 4) is 0 Å². The van der Waals surface area contributed by atoms with E-state index in [0.29, 0.717) is 16.8 Å². The van der Waals surface area contributed by atoms with Gasteiger partial charge in [-0.3, -0.25) is 9.10 Å². The van der Waals surface area contributed by atoms with Gasteiger partial charge in [-0.15, -0.1) is 0 Å². The van der Waals surface area contributed by atoms with E-state index in [1.165, 1.54) is 37.3 Å². The van der Waals surface area contributed by atoms with Crippen molar-refractivity contribution in [3.63, 3.8) is 0 Å². The predicted octanol–water partition coefficient (Wildman–Crippen LogP) is 3.10. The highest BCUT2D eigenvalue weighted by Gasteiger charge is 2.31. The molecule has 0 radical (unpaired) electrons. The standard InChI is InChI=1S/C20H23FN2O5S/c1-5-28-20(25)15-10-11-17(13(2)12-15)22-19(24)14(3)23(29(4,26)27)18-9-7-6-8-16(18)21/h6-12,14H,5H2,1-4H3,(H,22,24)/t14-/m1/s1. The molecular weight excluding hydrogens is 399 g/mol. The van der Waals surface area contributed by atoms with Crippen molar-refractivity contribution < 1.29 is 27.1 Å². The summed E-state index contributed by atoms with van der Waals surface area (Å²) in [5.74, 6) is -1.89. The number of benzene rings is 2. The average molecular weight is 422 g/mol. The highest BCUT2D eigenvalue weighted by atomic mass is 32.2. The van der Waals surface area contributed by atoms with Crippen LogP contribution in [0.15, 0.2) is 42.5 Å². The molecule has 1 amide bonds. The fourth-order valence-corrected chi connectivity index (χ4v) is 3.97. The number of aryl methyl sites for hydroxylation is 1. The Morgan fingerprint density at radius 1 is 1.21 bits per heavy atom. The zero-order valence-electron chi connectivity index (χ0n) is 16.6. The van der Waals surface area contributed by atoms with Crippen LogP contribution in [0.1, 0.15) is 29.8 Å². The summed E-state index contributed by atoms with van der Waals surface area (Å²) >= 11 is 0. The van der Waals surface area contributed by atoms with Crippen LogP contribution >= 0.6 is 0 Å². The van der Waals surface area contributed by atoms with Crippen molar-refractivity contribution in [2.75, 3.05) is 22.5 Å². The van der Waals surface area contributed by atoms with Crippen LogP contribution in [0.25, 0.3) is 0 Å². The minimum atomic E-state index is -3.94. The summed E-state index contributed by atoms with van der Waals surface area (Å²) < 4.78 is 44.4. The van der Waals surface area contributed by atoms with Crippen LogP contribution < -0.4 is 9.62 Å². The molecule has 0 aromatic heterocycles. The van der Waals surface area contributed by atoms with Crippen LogP contribution in [0.3, 0.4) is 0 Å². The molecule has 2 rings (SSSR count). The number of para-hydroxylation sites is 1. The van der Waals surface area contributed by atoms with Gasteiger partial charge in [0.25, 0.3) is 0 Å². The lowest BCUT2D eigenvalue weighted by Gasteiger charge is -2.28. The highest BCUT2D eigenvalue weighted by Crippen LogP contribution is 2.25. The molecule has 0 bridgehead atoms. The van der Waals surface area contributed by atoms with E-state index in [2.05, 4.69) is 5.32 Å². The van der Waals surface area contributed by atoms with Crippen LogP contribution in [0.5, 0.6) is 0 Å². The third-order valence-corrected chi connectivity index (χ3v) is 5.40. The number of halogens is 1. The molecule has 0 aliphatic carbocycles. The Bertz CT molecular complexity index is 1020. The SMILES string of the molecule is CCOC(=O)c1ccc(NC(=O)[C@@H](C)N(c2ccccc2F)S(C)(=O)=O)c(C)c1. The van der Waals surface area contributed by atoms with Gasteiger partial charge in [0.15, 0.2) is 0 Å². The topological polar surface area (TPSA) is 92.8 Å². The molecule has 1 atom stereocenters. The van der Waals surface area contributed by atoms with Crippen LogP contribution in [0, 0.1) is 12.7 Å². The van der Waals surface area contributed by atoms with Gasteiger partial charge in [0.1, 0.15) is 11.9 Å². The number of carbonyl (C=O) groups is 2. The van der Waals surface area contributed by atoms with Gasteiger partial charge in [0.05, 0.1) is 24.1 Å². The molecular formula is C20H23FN2O5S. The van der Waals surface area contributed by atoms with E-state index in [0.717, 1.165) is 16.6 Å². The fraction of sp³-hybridized carbons (Fsp3) is 0.300. The Morgan fingerprint density at radius 2 is 1.86 bits per heavy atom. The van der Waals surface area contributed by atoms with Gasteiger partial charge in [-0.2, -0.15) is 0 Å². The second-order valence-electron chi connectivity index (χ2n) is 6.43. The molecule has 0 aliphatic heterocycles. The molecule has 7 nitrogen and oxygen atoms in total. The van der Waals surface area contributed by atoms with Crippen LogP contribution in [-0.4, -0.2) is 39.2 Å². The normalized spacial score (nSPS) is 12.2. The molecule has 2 aromatic carbocycles. The van der Waals surface area contributed by atoms with Gasteiger partial charge >= 0.3 is 5.97 Å². The molecule has 29 heavy (non-hydrogen) atoms. The van der Waals surface area contributed by atoms with Gasteiger partial charge < -0.3 is 10.1 Å². The van der Waals surface area contributed by atoms with Crippen LogP contribution in [0.2, 0.25) is 0 Å². The van der Waals surface area contributed by atoms with Crippen LogP contribution in [0.4, 0.5) is 15.8 Å². The molecule has 0 spiro atoms. The van der Waals surface area contributed by atoms with Crippen molar-refractivity contribution in [3.05, 3.63) is 59.4 Å². The number of carbonyl (C=O) groups excluding carboxylic acids is 2. The van der Waals surface area contributed by atoms with Gasteiger partial charge in [0.2, 0.25) is 15.9 Å². The number of esters is 1. The van der Waals surface area contributed by atoms with E-state index >= 15 is 0 Å². The summed E-state index contributed by atoms with van der Waals surface area (Å²) in [5.41, 5.74) is 1.11. The molecule has 0 fully saturated rings. The minimum Gasteiger partial charge on any atom is -0.462 e. The average Bonchev–Trinajstić information content (AvgIpc) is 2.64. The second-order valence-corrected chi connectivity index (χ2v) is 8.29. The van der Waals surface area contributed by atoms with E-state index in [-0.39, 0.29) is 12.3 Å². The maximum Gasteiger partial charge on any atom is 0.338 e. The largest absolute Gasteiger partial charge is 0.462 e. The number of ether oxygens (including phenoxy) is 1. The zero-order valence-corrected chi connectivity index (χ0v) is 17.4. The van der Waals surface area contributed by atoms with Gasteiger partial charge in [0, 0.05) is 5.69 Å². The van der Waals surface area contributed by atoms with Crippen LogP contribution in [-0.2, 0) is 19.6 Å². The van der Waals surface area contributed by atoms with E-state index in [1.54, 1.807) is 19.9 Å². The van der Waals surface area contributed by atoms with E-state index < -0.39 is 33.8 Å². The van der Waals surface area contributed by atoms with E-state index in [1.807, 2.05) is 0 Å². The number of nitrogens with zero attached hydrogens (tertiary/aromatic N) is 1. The summed E-state index contributed by atoms with van der Waals surface area (Å²) in [6.07, 6.45) is 0.905. The predicted molar refractivity (Wildman–Crippen MR) is 109 cm³/mol. The minimum absolute atomic E-state index is 0.216. The summed E-state index contributed by atoms with van der Waals surface area (Å²) in [4.78, 5) is 24.5. The molecule has 9 heteroatoms. The summed E-state index contributed by atoms with van der Waals surface area (Å²) in [6.45, 7) is 4.99. The molecule has 0 unspecified atom stereocenters. The van der Waals surface area contributed by atoms with Crippen molar-refractivity contribution in [2.24, 2.45) is 0 Å². The maximum atomic E-state index is 14.2. The number of hydrogen-bond donors (Lipinski definition) is 1. The Kier molecular flexibility index (Phi) is 6.97. The number of amides is 1. The number of nitrogens with one attached hydrogen (secondary N) is 1. The fourth-order valence-electron chi connectivity index (χ4n) is 2.79. The lowest BCUT2D eigenvalue weighted by molar-refractivity contribution is -0.116. The molecule has 156 valence electrons. The first-order chi connectivity index (χ1) is 13.6. The van der Waals surface area contributed by atoms with E-state index in [4.69, 9.17) is 4.74 Å². The number of rotatable bonds is 7. The Balaban J connectivity index is 2.29. The number of anilines is 2. The van der Waals surface area contributed by atoms with Crippen molar-refractivity contribution in [1.29, 1.82) is 0 Å². The number of hydrogen-bond acceptors (Lipinski definition) is 5. The third-order valence-electron chi connectivity index (χ3n) is 4.17. The Hall–Kier alpha value is -2.94. The Morgan fingerprint density at radius 3 is 2.41 bits per heavy atom. The quantitative estimate of drug-likeness (QED) is 0.692. The van der Waals surface area contributed by atoms with Crippen molar-refractivity contribution >= 4 is 33.3 Å². The first-order valence-electron chi connectivity index (χ1n) is 8.88. The molecule has 2 aromatic rings. The first kappa shape index (κ1) is 22.4. The lowest BCUT2D eigenvalue weighted by Crippen LogP contribution is -2.45. The monoisotopic (exact) mass is 422 g/mol. The summed E-state index contributed by atoms with van der Waals surface area (Å²) in [5, 5.41) is 2.63. The summed E-state index contributed by atoms with van der Waals surface area (Å²) in [6, 6.07) is 8.69. The third kappa shape index (κ3) is 5.32. The van der Waals surface area contributed by atoms with Crippen molar-refractivity contribution in [1.82, 2.24) is 0 Å². The maximum absolute atomic E-state index is 14.2. The van der Waals surface area contributed by atoms with Crippen molar-refractivity contribution in [2.45, 2.75) is 26.8 Å². The van der Waals surface area contributed by atoms with Gasteiger partial charge in [-0.05, 0) is 56.7 Å². The Labute approximate surface area is 169 Å².